The molecule has 0 aliphatic carbocycles. The number of thioether (sulfide) groups is 1. The van der Waals surface area contributed by atoms with Gasteiger partial charge in [0.15, 0.2) is 5.17 Å². The highest BCUT2D eigenvalue weighted by Gasteiger charge is 2.15. The molecule has 2 aromatic rings. The van der Waals surface area contributed by atoms with Crippen LogP contribution in [0.15, 0.2) is 52.6 Å². The quantitative estimate of drug-likeness (QED) is 0.926. The van der Waals surface area contributed by atoms with Gasteiger partial charge in [-0.15, -0.1) is 0 Å². The van der Waals surface area contributed by atoms with Crippen LogP contribution in [0.4, 0.5) is 5.69 Å². The van der Waals surface area contributed by atoms with E-state index in [9.17, 15) is 0 Å². The second-order valence-corrected chi connectivity index (χ2v) is 6.33. The molecule has 0 fully saturated rings. The van der Waals surface area contributed by atoms with E-state index < -0.39 is 0 Å². The zero-order chi connectivity index (χ0) is 16.2. The number of benzene rings is 2. The molecule has 4 nitrogen and oxygen atoms in total. The predicted molar refractivity (Wildman–Crippen MR) is 98.1 cm³/mol. The molecule has 1 N–H and O–H groups in total. The maximum atomic E-state index is 5.32. The van der Waals surface area contributed by atoms with E-state index in [0.717, 1.165) is 28.1 Å². The first kappa shape index (κ1) is 15.6. The Labute approximate surface area is 140 Å². The molecule has 0 saturated carbocycles. The van der Waals surface area contributed by atoms with Gasteiger partial charge in [-0.05, 0) is 31.5 Å². The molecule has 1 heterocycles. The van der Waals surface area contributed by atoms with Gasteiger partial charge in [0, 0.05) is 11.3 Å². The molecule has 0 radical (unpaired) electrons. The molecule has 0 spiro atoms. The molecule has 0 amide bonds. The molecular formula is C18H19N3OS. The SMILES string of the molecule is COc1ccccc1N=C1NN=C(c2ccc(C)cc2C)CS1. The van der Waals surface area contributed by atoms with Crippen LogP contribution in [0.5, 0.6) is 5.75 Å². The number of ether oxygens (including phenoxy) is 1. The third kappa shape index (κ3) is 3.56. The van der Waals surface area contributed by atoms with Crippen molar-refractivity contribution in [3.05, 3.63) is 59.2 Å². The normalized spacial score (nSPS) is 16.0. The molecule has 2 aromatic carbocycles. The number of nitrogens with zero attached hydrogens (tertiary/aromatic N) is 2. The number of rotatable bonds is 3. The lowest BCUT2D eigenvalue weighted by molar-refractivity contribution is 0.416. The zero-order valence-corrected chi connectivity index (χ0v) is 14.3. The first-order valence-electron chi connectivity index (χ1n) is 7.42. The number of hydrazone groups is 1. The first-order chi connectivity index (χ1) is 11.2. The van der Waals surface area contributed by atoms with Crippen LogP contribution in [0.2, 0.25) is 0 Å². The highest BCUT2D eigenvalue weighted by molar-refractivity contribution is 8.14. The number of methoxy groups -OCH3 is 1. The molecule has 0 unspecified atom stereocenters. The highest BCUT2D eigenvalue weighted by Crippen LogP contribution is 2.28. The topological polar surface area (TPSA) is 46.0 Å². The molecule has 23 heavy (non-hydrogen) atoms. The second-order valence-electron chi connectivity index (χ2n) is 5.37. The first-order valence-corrected chi connectivity index (χ1v) is 8.40. The Balaban J connectivity index is 1.81. The number of hydrogen-bond donors (Lipinski definition) is 1. The summed E-state index contributed by atoms with van der Waals surface area (Å²) in [5.74, 6) is 1.55. The Morgan fingerprint density at radius 2 is 2.00 bits per heavy atom. The van der Waals surface area contributed by atoms with Gasteiger partial charge in [-0.3, -0.25) is 5.43 Å². The van der Waals surface area contributed by atoms with E-state index in [1.807, 2.05) is 24.3 Å². The second kappa shape index (κ2) is 6.87. The van der Waals surface area contributed by atoms with Crippen molar-refractivity contribution in [2.24, 2.45) is 10.1 Å². The zero-order valence-electron chi connectivity index (χ0n) is 13.5. The molecule has 1 aliphatic rings. The fourth-order valence-corrected chi connectivity index (χ4v) is 3.25. The maximum absolute atomic E-state index is 5.32. The molecule has 1 aliphatic heterocycles. The summed E-state index contributed by atoms with van der Waals surface area (Å²) in [7, 11) is 1.65. The summed E-state index contributed by atoms with van der Waals surface area (Å²) in [6.45, 7) is 4.22. The van der Waals surface area contributed by atoms with Crippen LogP contribution in [-0.4, -0.2) is 23.7 Å². The van der Waals surface area contributed by atoms with Crippen LogP contribution >= 0.6 is 11.8 Å². The maximum Gasteiger partial charge on any atom is 0.182 e. The lowest BCUT2D eigenvalue weighted by Gasteiger charge is -2.17. The fraction of sp³-hybridized carbons (Fsp3) is 0.222. The summed E-state index contributed by atoms with van der Waals surface area (Å²) < 4.78 is 5.32. The van der Waals surface area contributed by atoms with Gasteiger partial charge >= 0.3 is 0 Å². The monoisotopic (exact) mass is 325 g/mol. The van der Waals surface area contributed by atoms with Crippen molar-refractivity contribution in [1.29, 1.82) is 0 Å². The minimum absolute atomic E-state index is 0.756. The Kier molecular flexibility index (Phi) is 4.67. The Hall–Kier alpha value is -2.27. The van der Waals surface area contributed by atoms with Gasteiger partial charge in [-0.1, -0.05) is 47.7 Å². The lowest BCUT2D eigenvalue weighted by Crippen LogP contribution is -2.25. The Morgan fingerprint density at radius 1 is 1.17 bits per heavy atom. The number of nitrogens with one attached hydrogen (secondary N) is 1. The predicted octanol–water partition coefficient (Wildman–Crippen LogP) is 4.04. The van der Waals surface area contributed by atoms with Gasteiger partial charge in [0.2, 0.25) is 0 Å². The van der Waals surface area contributed by atoms with E-state index in [4.69, 9.17) is 4.74 Å². The van der Waals surface area contributed by atoms with Crippen molar-refractivity contribution in [3.63, 3.8) is 0 Å². The minimum atomic E-state index is 0.756. The number of para-hydroxylation sites is 2. The molecule has 3 rings (SSSR count). The van der Waals surface area contributed by atoms with E-state index >= 15 is 0 Å². The Bertz CT molecular complexity index is 784. The van der Waals surface area contributed by atoms with E-state index in [1.54, 1.807) is 18.9 Å². The largest absolute Gasteiger partial charge is 0.494 e. The number of amidine groups is 1. The summed E-state index contributed by atoms with van der Waals surface area (Å²) in [5, 5.41) is 5.28. The van der Waals surface area contributed by atoms with Crippen molar-refractivity contribution in [3.8, 4) is 5.75 Å². The van der Waals surface area contributed by atoms with Crippen molar-refractivity contribution >= 4 is 28.3 Å². The summed E-state index contributed by atoms with van der Waals surface area (Å²) in [4.78, 5) is 4.59. The highest BCUT2D eigenvalue weighted by atomic mass is 32.2. The van der Waals surface area contributed by atoms with E-state index in [0.29, 0.717) is 0 Å². The van der Waals surface area contributed by atoms with Gasteiger partial charge in [0.1, 0.15) is 11.4 Å². The Morgan fingerprint density at radius 3 is 2.70 bits per heavy atom. The van der Waals surface area contributed by atoms with E-state index in [2.05, 4.69) is 47.6 Å². The number of aliphatic imine (C=N–C) groups is 1. The molecule has 118 valence electrons. The van der Waals surface area contributed by atoms with Crippen molar-refractivity contribution < 1.29 is 4.74 Å². The van der Waals surface area contributed by atoms with E-state index in [-0.39, 0.29) is 0 Å². The summed E-state index contributed by atoms with van der Waals surface area (Å²) in [6.07, 6.45) is 0. The summed E-state index contributed by atoms with van der Waals surface area (Å²) in [6, 6.07) is 14.1. The molecular weight excluding hydrogens is 306 g/mol. The van der Waals surface area contributed by atoms with Gasteiger partial charge in [-0.25, -0.2) is 4.99 Å². The van der Waals surface area contributed by atoms with Crippen LogP contribution in [0.25, 0.3) is 0 Å². The smallest absolute Gasteiger partial charge is 0.182 e. The molecule has 0 atom stereocenters. The third-order valence-electron chi connectivity index (χ3n) is 3.63. The molecule has 5 heteroatoms. The average Bonchev–Trinajstić information content (AvgIpc) is 2.56. The lowest BCUT2D eigenvalue weighted by atomic mass is 10.0. The number of hydrogen-bond acceptors (Lipinski definition) is 4. The van der Waals surface area contributed by atoms with Gasteiger partial charge < -0.3 is 4.74 Å². The molecule has 0 saturated heterocycles. The van der Waals surface area contributed by atoms with Crippen molar-refractivity contribution in [2.75, 3.05) is 12.9 Å². The standard InChI is InChI=1S/C18H19N3OS/c1-12-8-9-14(13(2)10-12)16-11-23-18(21-20-16)19-15-6-4-5-7-17(15)22-3/h4-10H,11H2,1-3H3,(H,19,21). The van der Waals surface area contributed by atoms with E-state index in [1.165, 1.54) is 16.7 Å². The summed E-state index contributed by atoms with van der Waals surface area (Å²) in [5.41, 5.74) is 8.60. The van der Waals surface area contributed by atoms with Gasteiger partial charge in [0.05, 0.1) is 12.8 Å². The van der Waals surface area contributed by atoms with Crippen LogP contribution < -0.4 is 10.2 Å². The van der Waals surface area contributed by atoms with Crippen molar-refractivity contribution in [2.45, 2.75) is 13.8 Å². The average molecular weight is 325 g/mol. The number of aryl methyl sites for hydroxylation is 2. The summed E-state index contributed by atoms with van der Waals surface area (Å²) >= 11 is 1.65. The van der Waals surface area contributed by atoms with Crippen LogP contribution in [0, 0.1) is 13.8 Å². The van der Waals surface area contributed by atoms with Gasteiger partial charge in [-0.2, -0.15) is 5.10 Å². The molecule has 0 bridgehead atoms. The minimum Gasteiger partial charge on any atom is -0.494 e. The van der Waals surface area contributed by atoms with Crippen LogP contribution in [0.1, 0.15) is 16.7 Å². The van der Waals surface area contributed by atoms with Crippen LogP contribution in [0.3, 0.4) is 0 Å². The van der Waals surface area contributed by atoms with Gasteiger partial charge in [0.25, 0.3) is 0 Å². The van der Waals surface area contributed by atoms with Crippen molar-refractivity contribution in [1.82, 2.24) is 5.43 Å². The van der Waals surface area contributed by atoms with Crippen LogP contribution in [-0.2, 0) is 0 Å². The molecule has 0 aromatic heterocycles. The fourth-order valence-electron chi connectivity index (χ4n) is 2.48. The third-order valence-corrected chi connectivity index (χ3v) is 4.51.